The molecule has 1 aromatic carbocycles. The second kappa shape index (κ2) is 4.49. The number of nitrogens with zero attached hydrogens (tertiary/aromatic N) is 2. The number of nitro benzene ring substituents is 1. The molecule has 0 saturated heterocycles. The molecule has 5 heteroatoms. The Balaban J connectivity index is 2.78. The lowest BCUT2D eigenvalue weighted by Crippen LogP contribution is -2.36. The van der Waals surface area contributed by atoms with Crippen molar-refractivity contribution in [2.75, 3.05) is 18.5 Å². The minimum Gasteiger partial charge on any atom is -0.389 e. The van der Waals surface area contributed by atoms with Crippen LogP contribution in [0, 0.1) is 10.1 Å². The van der Waals surface area contributed by atoms with Crippen molar-refractivity contribution in [2.45, 2.75) is 19.4 Å². The molecule has 0 aliphatic carbocycles. The van der Waals surface area contributed by atoms with Crippen LogP contribution in [0.1, 0.15) is 13.8 Å². The Kier molecular flexibility index (Phi) is 3.49. The van der Waals surface area contributed by atoms with Crippen molar-refractivity contribution in [3.05, 3.63) is 34.4 Å². The molecule has 0 unspecified atom stereocenters. The van der Waals surface area contributed by atoms with Crippen molar-refractivity contribution < 1.29 is 10.0 Å². The van der Waals surface area contributed by atoms with Gasteiger partial charge in [-0.1, -0.05) is 0 Å². The average Bonchev–Trinajstić information content (AvgIpc) is 2.15. The highest BCUT2D eigenvalue weighted by molar-refractivity contribution is 5.50. The van der Waals surface area contributed by atoms with Crippen molar-refractivity contribution >= 4 is 11.4 Å². The second-order valence-electron chi connectivity index (χ2n) is 4.44. The average molecular weight is 224 g/mol. The third-order valence-corrected chi connectivity index (χ3v) is 2.13. The van der Waals surface area contributed by atoms with Crippen molar-refractivity contribution in [1.29, 1.82) is 0 Å². The molecule has 5 nitrogen and oxygen atoms in total. The highest BCUT2D eigenvalue weighted by Gasteiger charge is 2.16. The third-order valence-electron chi connectivity index (χ3n) is 2.13. The Bertz CT molecular complexity index is 368. The summed E-state index contributed by atoms with van der Waals surface area (Å²) in [6.45, 7) is 3.90. The molecule has 0 atom stereocenters. The number of anilines is 1. The van der Waals surface area contributed by atoms with Crippen LogP contribution in [0.25, 0.3) is 0 Å². The first kappa shape index (κ1) is 12.4. The van der Waals surface area contributed by atoms with E-state index in [0.717, 1.165) is 5.69 Å². The van der Waals surface area contributed by atoms with E-state index in [-0.39, 0.29) is 5.69 Å². The predicted molar refractivity (Wildman–Crippen MR) is 62.7 cm³/mol. The minimum absolute atomic E-state index is 0.0698. The van der Waals surface area contributed by atoms with E-state index in [1.807, 2.05) is 11.9 Å². The van der Waals surface area contributed by atoms with Gasteiger partial charge in [0.2, 0.25) is 0 Å². The van der Waals surface area contributed by atoms with Gasteiger partial charge in [-0.3, -0.25) is 10.1 Å². The minimum atomic E-state index is -0.795. The summed E-state index contributed by atoms with van der Waals surface area (Å²) in [7, 11) is 1.83. The smallest absolute Gasteiger partial charge is 0.269 e. The van der Waals surface area contributed by atoms with Crippen LogP contribution >= 0.6 is 0 Å². The highest BCUT2D eigenvalue weighted by atomic mass is 16.6. The van der Waals surface area contributed by atoms with Crippen molar-refractivity contribution in [3.8, 4) is 0 Å². The van der Waals surface area contributed by atoms with Crippen LogP contribution in [0.3, 0.4) is 0 Å². The Hall–Kier alpha value is -1.62. The van der Waals surface area contributed by atoms with Crippen LogP contribution in [-0.4, -0.2) is 29.2 Å². The monoisotopic (exact) mass is 224 g/mol. The number of hydrogen-bond donors (Lipinski definition) is 1. The number of benzene rings is 1. The van der Waals surface area contributed by atoms with Crippen LogP contribution in [-0.2, 0) is 0 Å². The lowest BCUT2D eigenvalue weighted by Gasteiger charge is -2.27. The Labute approximate surface area is 94.5 Å². The number of aliphatic hydroxyl groups is 1. The van der Waals surface area contributed by atoms with Gasteiger partial charge in [-0.05, 0) is 26.0 Å². The fourth-order valence-corrected chi connectivity index (χ4v) is 1.50. The first-order valence-electron chi connectivity index (χ1n) is 4.97. The molecule has 0 aliphatic rings. The molecular formula is C11H16N2O3. The van der Waals surface area contributed by atoms with Crippen LogP contribution in [0.4, 0.5) is 11.4 Å². The van der Waals surface area contributed by atoms with Crippen LogP contribution in [0.5, 0.6) is 0 Å². The molecule has 0 bridgehead atoms. The van der Waals surface area contributed by atoms with Gasteiger partial charge in [0.25, 0.3) is 5.69 Å². The number of nitro groups is 1. The molecule has 88 valence electrons. The summed E-state index contributed by atoms with van der Waals surface area (Å²) >= 11 is 0. The summed E-state index contributed by atoms with van der Waals surface area (Å²) in [5.74, 6) is 0. The Morgan fingerprint density at radius 2 is 1.88 bits per heavy atom. The van der Waals surface area contributed by atoms with Gasteiger partial charge < -0.3 is 10.0 Å². The zero-order valence-electron chi connectivity index (χ0n) is 9.67. The topological polar surface area (TPSA) is 66.6 Å². The first-order valence-corrected chi connectivity index (χ1v) is 4.97. The van der Waals surface area contributed by atoms with Crippen LogP contribution < -0.4 is 4.90 Å². The summed E-state index contributed by atoms with van der Waals surface area (Å²) in [6.07, 6.45) is 0. The molecule has 0 fully saturated rings. The van der Waals surface area contributed by atoms with Crippen molar-refractivity contribution in [3.63, 3.8) is 0 Å². The third kappa shape index (κ3) is 3.51. The van der Waals surface area contributed by atoms with Gasteiger partial charge in [0, 0.05) is 31.4 Å². The maximum atomic E-state index is 10.5. The Morgan fingerprint density at radius 1 is 1.38 bits per heavy atom. The van der Waals surface area contributed by atoms with Gasteiger partial charge in [0.15, 0.2) is 0 Å². The summed E-state index contributed by atoms with van der Waals surface area (Å²) in [4.78, 5) is 11.9. The molecule has 0 spiro atoms. The van der Waals surface area contributed by atoms with Gasteiger partial charge in [-0.2, -0.15) is 0 Å². The number of likely N-dealkylation sites (N-methyl/N-ethyl adjacent to an activating group) is 1. The van der Waals surface area contributed by atoms with E-state index in [4.69, 9.17) is 0 Å². The van der Waals surface area contributed by atoms with Crippen LogP contribution in [0.2, 0.25) is 0 Å². The SMILES string of the molecule is CN(CC(C)(C)O)c1ccc([N+](=O)[O-])cc1. The summed E-state index contributed by atoms with van der Waals surface area (Å²) < 4.78 is 0. The lowest BCUT2D eigenvalue weighted by atomic mass is 10.1. The highest BCUT2D eigenvalue weighted by Crippen LogP contribution is 2.19. The fraction of sp³-hybridized carbons (Fsp3) is 0.455. The van der Waals surface area contributed by atoms with E-state index in [9.17, 15) is 15.2 Å². The zero-order valence-corrected chi connectivity index (χ0v) is 9.67. The van der Waals surface area contributed by atoms with Gasteiger partial charge in [-0.25, -0.2) is 0 Å². The van der Waals surface area contributed by atoms with E-state index in [0.29, 0.717) is 6.54 Å². The molecule has 0 saturated carbocycles. The van der Waals surface area contributed by atoms with E-state index in [1.54, 1.807) is 26.0 Å². The van der Waals surface area contributed by atoms with Gasteiger partial charge in [-0.15, -0.1) is 0 Å². The van der Waals surface area contributed by atoms with Crippen molar-refractivity contribution in [2.24, 2.45) is 0 Å². The molecule has 1 rings (SSSR count). The normalized spacial score (nSPS) is 11.2. The molecule has 0 aromatic heterocycles. The molecular weight excluding hydrogens is 208 g/mol. The lowest BCUT2D eigenvalue weighted by molar-refractivity contribution is -0.384. The molecule has 16 heavy (non-hydrogen) atoms. The maximum absolute atomic E-state index is 10.5. The summed E-state index contributed by atoms with van der Waals surface area (Å²) in [6, 6.07) is 6.25. The standard InChI is InChI=1S/C11H16N2O3/c1-11(2,14)8-12(3)9-4-6-10(7-5-9)13(15)16/h4-7,14H,8H2,1-3H3. The number of hydrogen-bond acceptors (Lipinski definition) is 4. The van der Waals surface area contributed by atoms with E-state index in [2.05, 4.69) is 0 Å². The summed E-state index contributed by atoms with van der Waals surface area (Å²) in [5.41, 5.74) is 0.115. The van der Waals surface area contributed by atoms with E-state index in [1.165, 1.54) is 12.1 Å². The number of rotatable bonds is 4. The van der Waals surface area contributed by atoms with Crippen LogP contribution in [0.15, 0.2) is 24.3 Å². The zero-order chi connectivity index (χ0) is 12.3. The molecule has 0 radical (unpaired) electrons. The summed E-state index contributed by atoms with van der Waals surface area (Å²) in [5, 5.41) is 20.1. The molecule has 1 N–H and O–H groups in total. The maximum Gasteiger partial charge on any atom is 0.269 e. The fourth-order valence-electron chi connectivity index (χ4n) is 1.50. The van der Waals surface area contributed by atoms with E-state index >= 15 is 0 Å². The molecule has 1 aromatic rings. The van der Waals surface area contributed by atoms with Crippen molar-refractivity contribution in [1.82, 2.24) is 0 Å². The largest absolute Gasteiger partial charge is 0.389 e. The molecule has 0 heterocycles. The number of non-ortho nitro benzene ring substituents is 1. The van der Waals surface area contributed by atoms with Gasteiger partial charge in [0.05, 0.1) is 10.5 Å². The Morgan fingerprint density at radius 3 is 2.25 bits per heavy atom. The first-order chi connectivity index (χ1) is 7.29. The molecule has 0 amide bonds. The predicted octanol–water partition coefficient (Wildman–Crippen LogP) is 1.80. The van der Waals surface area contributed by atoms with Gasteiger partial charge in [0.1, 0.15) is 0 Å². The van der Waals surface area contributed by atoms with E-state index < -0.39 is 10.5 Å². The molecule has 0 aliphatic heterocycles. The second-order valence-corrected chi connectivity index (χ2v) is 4.44. The van der Waals surface area contributed by atoms with Gasteiger partial charge >= 0.3 is 0 Å². The quantitative estimate of drug-likeness (QED) is 0.625.